The molecule has 2 atom stereocenters. The Morgan fingerprint density at radius 2 is 2.29 bits per heavy atom. The smallest absolute Gasteiger partial charge is 0.0849 e. The predicted molar refractivity (Wildman–Crippen MR) is 86.4 cm³/mol. The Balaban J connectivity index is 2.05. The average molecular weight is 284 g/mol. The summed E-state index contributed by atoms with van der Waals surface area (Å²) in [4.78, 5) is 4.24. The van der Waals surface area contributed by atoms with Gasteiger partial charge in [0.1, 0.15) is 0 Å². The van der Waals surface area contributed by atoms with E-state index in [2.05, 4.69) is 48.4 Å². The van der Waals surface area contributed by atoms with Gasteiger partial charge in [0.15, 0.2) is 0 Å². The van der Waals surface area contributed by atoms with Gasteiger partial charge < -0.3 is 10.1 Å². The molecular weight excluding hydrogens is 260 g/mol. The van der Waals surface area contributed by atoms with Crippen molar-refractivity contribution in [3.8, 4) is 0 Å². The quantitative estimate of drug-likeness (QED) is 0.905. The van der Waals surface area contributed by atoms with E-state index in [0.29, 0.717) is 0 Å². The van der Waals surface area contributed by atoms with Crippen molar-refractivity contribution < 1.29 is 4.74 Å². The maximum absolute atomic E-state index is 6.12. The molecule has 1 aliphatic rings. The molecular formula is C18H24N2O. The van der Waals surface area contributed by atoms with Crippen LogP contribution < -0.4 is 5.32 Å². The standard InChI is InChI=1S/C18H24N2O/c1-3-10-20-17(18(2)9-5-12-21-18)16-7-4-6-14-13-19-11-8-15(14)16/h4,6-8,11,13,17,20H,3,5,9-10,12H2,1-2H3. The summed E-state index contributed by atoms with van der Waals surface area (Å²) in [7, 11) is 0. The van der Waals surface area contributed by atoms with E-state index in [1.807, 2.05) is 12.4 Å². The highest BCUT2D eigenvalue weighted by Gasteiger charge is 2.39. The zero-order valence-electron chi connectivity index (χ0n) is 12.9. The Labute approximate surface area is 126 Å². The molecule has 0 radical (unpaired) electrons. The number of pyridine rings is 1. The lowest BCUT2D eigenvalue weighted by Gasteiger charge is -2.35. The number of hydrogen-bond acceptors (Lipinski definition) is 3. The molecule has 1 aromatic carbocycles. The first kappa shape index (κ1) is 14.5. The van der Waals surface area contributed by atoms with Crippen molar-refractivity contribution in [2.24, 2.45) is 0 Å². The first-order valence-corrected chi connectivity index (χ1v) is 7.94. The molecule has 3 heteroatoms. The van der Waals surface area contributed by atoms with Gasteiger partial charge in [-0.2, -0.15) is 0 Å². The van der Waals surface area contributed by atoms with E-state index in [0.717, 1.165) is 32.4 Å². The zero-order chi connectivity index (χ0) is 14.7. The monoisotopic (exact) mass is 284 g/mol. The molecule has 2 aromatic rings. The van der Waals surface area contributed by atoms with E-state index in [1.54, 1.807) is 0 Å². The van der Waals surface area contributed by atoms with Gasteiger partial charge in [0, 0.05) is 24.4 Å². The highest BCUT2D eigenvalue weighted by molar-refractivity contribution is 5.85. The van der Waals surface area contributed by atoms with Crippen LogP contribution >= 0.6 is 0 Å². The van der Waals surface area contributed by atoms with Gasteiger partial charge >= 0.3 is 0 Å². The van der Waals surface area contributed by atoms with Gasteiger partial charge in [-0.15, -0.1) is 0 Å². The molecule has 1 fully saturated rings. The van der Waals surface area contributed by atoms with E-state index in [-0.39, 0.29) is 11.6 Å². The summed E-state index contributed by atoms with van der Waals surface area (Å²) in [6.45, 7) is 6.32. The summed E-state index contributed by atoms with van der Waals surface area (Å²) in [5, 5.41) is 6.19. The molecule has 21 heavy (non-hydrogen) atoms. The molecule has 3 nitrogen and oxygen atoms in total. The van der Waals surface area contributed by atoms with Crippen LogP contribution in [0.25, 0.3) is 10.8 Å². The van der Waals surface area contributed by atoms with Gasteiger partial charge in [-0.25, -0.2) is 0 Å². The number of nitrogens with one attached hydrogen (secondary N) is 1. The molecule has 112 valence electrons. The molecule has 2 unspecified atom stereocenters. The highest BCUT2D eigenvalue weighted by Crippen LogP contribution is 2.39. The highest BCUT2D eigenvalue weighted by atomic mass is 16.5. The van der Waals surface area contributed by atoms with E-state index < -0.39 is 0 Å². The van der Waals surface area contributed by atoms with Crippen molar-refractivity contribution in [3.63, 3.8) is 0 Å². The minimum atomic E-state index is -0.118. The molecule has 2 heterocycles. The number of benzene rings is 1. The van der Waals surface area contributed by atoms with Gasteiger partial charge in [-0.05, 0) is 49.7 Å². The zero-order valence-corrected chi connectivity index (χ0v) is 12.9. The summed E-state index contributed by atoms with van der Waals surface area (Å²) in [5.74, 6) is 0. The van der Waals surface area contributed by atoms with Crippen molar-refractivity contribution in [1.29, 1.82) is 0 Å². The minimum absolute atomic E-state index is 0.118. The van der Waals surface area contributed by atoms with E-state index in [4.69, 9.17) is 4.74 Å². The third-order valence-electron chi connectivity index (χ3n) is 4.48. The van der Waals surface area contributed by atoms with Crippen LogP contribution in [0.2, 0.25) is 0 Å². The van der Waals surface area contributed by atoms with Crippen LogP contribution in [0, 0.1) is 0 Å². The number of aromatic nitrogens is 1. The van der Waals surface area contributed by atoms with E-state index in [1.165, 1.54) is 16.3 Å². The average Bonchev–Trinajstić information content (AvgIpc) is 2.95. The summed E-state index contributed by atoms with van der Waals surface area (Å²) < 4.78 is 6.12. The normalized spacial score (nSPS) is 23.5. The second-order valence-electron chi connectivity index (χ2n) is 6.10. The van der Waals surface area contributed by atoms with Crippen LogP contribution in [0.15, 0.2) is 36.7 Å². The topological polar surface area (TPSA) is 34.2 Å². The summed E-state index contributed by atoms with van der Waals surface area (Å²) in [6.07, 6.45) is 7.19. The number of ether oxygens (including phenoxy) is 1. The third-order valence-corrected chi connectivity index (χ3v) is 4.48. The molecule has 1 aromatic heterocycles. The fraction of sp³-hybridized carbons (Fsp3) is 0.500. The second-order valence-corrected chi connectivity index (χ2v) is 6.10. The molecule has 0 amide bonds. The van der Waals surface area contributed by atoms with Gasteiger partial charge in [-0.1, -0.05) is 25.1 Å². The number of hydrogen-bond donors (Lipinski definition) is 1. The van der Waals surface area contributed by atoms with Gasteiger partial charge in [0.05, 0.1) is 11.6 Å². The molecule has 1 N–H and O–H groups in total. The Bertz CT molecular complexity index is 600. The van der Waals surface area contributed by atoms with Crippen molar-refractivity contribution in [2.75, 3.05) is 13.2 Å². The Morgan fingerprint density at radius 1 is 1.38 bits per heavy atom. The SMILES string of the molecule is CCCNC(c1cccc2cnccc12)C1(C)CCCO1. The molecule has 0 bridgehead atoms. The van der Waals surface area contributed by atoms with Gasteiger partial charge in [0.25, 0.3) is 0 Å². The largest absolute Gasteiger partial charge is 0.373 e. The Kier molecular flexibility index (Phi) is 4.22. The Hall–Kier alpha value is -1.45. The minimum Gasteiger partial charge on any atom is -0.373 e. The lowest BCUT2D eigenvalue weighted by Crippen LogP contribution is -2.41. The van der Waals surface area contributed by atoms with Crippen LogP contribution in [-0.2, 0) is 4.74 Å². The lowest BCUT2D eigenvalue weighted by atomic mass is 9.85. The number of rotatable bonds is 5. The summed E-state index contributed by atoms with van der Waals surface area (Å²) in [6, 6.07) is 8.82. The predicted octanol–water partition coefficient (Wildman–Crippen LogP) is 3.84. The summed E-state index contributed by atoms with van der Waals surface area (Å²) in [5.41, 5.74) is 1.21. The molecule has 3 rings (SSSR count). The first-order chi connectivity index (χ1) is 10.2. The van der Waals surface area contributed by atoms with Crippen molar-refractivity contribution >= 4 is 10.8 Å². The van der Waals surface area contributed by atoms with E-state index >= 15 is 0 Å². The summed E-state index contributed by atoms with van der Waals surface area (Å²) >= 11 is 0. The molecule has 0 aliphatic carbocycles. The van der Waals surface area contributed by atoms with Crippen LogP contribution in [0.3, 0.4) is 0 Å². The second kappa shape index (κ2) is 6.12. The van der Waals surface area contributed by atoms with Gasteiger partial charge in [0.2, 0.25) is 0 Å². The molecule has 0 spiro atoms. The number of fused-ring (bicyclic) bond motifs is 1. The van der Waals surface area contributed by atoms with Gasteiger partial charge in [-0.3, -0.25) is 4.98 Å². The Morgan fingerprint density at radius 3 is 3.05 bits per heavy atom. The number of nitrogens with zero attached hydrogens (tertiary/aromatic N) is 1. The fourth-order valence-electron chi connectivity index (χ4n) is 3.37. The lowest BCUT2D eigenvalue weighted by molar-refractivity contribution is -0.0120. The van der Waals surface area contributed by atoms with Crippen LogP contribution in [-0.4, -0.2) is 23.7 Å². The van der Waals surface area contributed by atoms with E-state index in [9.17, 15) is 0 Å². The fourth-order valence-corrected chi connectivity index (χ4v) is 3.37. The maximum Gasteiger partial charge on any atom is 0.0849 e. The third kappa shape index (κ3) is 2.81. The maximum atomic E-state index is 6.12. The van der Waals surface area contributed by atoms with Crippen molar-refractivity contribution in [3.05, 3.63) is 42.2 Å². The van der Waals surface area contributed by atoms with Crippen molar-refractivity contribution in [2.45, 2.75) is 44.8 Å². The van der Waals surface area contributed by atoms with Crippen LogP contribution in [0.1, 0.15) is 44.7 Å². The van der Waals surface area contributed by atoms with Crippen LogP contribution in [0.4, 0.5) is 0 Å². The van der Waals surface area contributed by atoms with Crippen LogP contribution in [0.5, 0.6) is 0 Å². The molecule has 1 saturated heterocycles. The van der Waals surface area contributed by atoms with Crippen molar-refractivity contribution in [1.82, 2.24) is 10.3 Å². The molecule has 1 aliphatic heterocycles. The first-order valence-electron chi connectivity index (χ1n) is 7.94. The molecule has 0 saturated carbocycles.